The predicted octanol–water partition coefficient (Wildman–Crippen LogP) is 1.39. The molecule has 0 aliphatic carbocycles. The van der Waals surface area contributed by atoms with Crippen LogP contribution in [0.2, 0.25) is 0 Å². The molecule has 0 amide bonds. The fourth-order valence-corrected chi connectivity index (χ4v) is 2.50. The van der Waals surface area contributed by atoms with E-state index < -0.39 is 16.8 Å². The van der Waals surface area contributed by atoms with Crippen molar-refractivity contribution in [3.8, 4) is 0 Å². The molecule has 1 atom stereocenters. The smallest absolute Gasteiger partial charge is 0.335 e. The predicted molar refractivity (Wildman–Crippen MR) is 66.9 cm³/mol. The van der Waals surface area contributed by atoms with Gasteiger partial charge in [-0.2, -0.15) is 5.10 Å². The Morgan fingerprint density at radius 2 is 2.06 bits per heavy atom. The molecule has 1 unspecified atom stereocenters. The summed E-state index contributed by atoms with van der Waals surface area (Å²) in [5.41, 5.74) is 0.197. The van der Waals surface area contributed by atoms with Crippen LogP contribution in [-0.2, 0) is 17.3 Å². The number of aromatic carboxylic acids is 1. The Kier molecular flexibility index (Phi) is 3.88. The second-order valence-electron chi connectivity index (χ2n) is 3.65. The molecule has 0 radical (unpaired) electrons. The highest BCUT2D eigenvalue weighted by Crippen LogP contribution is 2.09. The first-order chi connectivity index (χ1) is 8.66. The number of carbonyl (C=O) groups is 1. The van der Waals surface area contributed by atoms with Gasteiger partial charge in [0.25, 0.3) is 0 Å². The first-order valence-electron chi connectivity index (χ1n) is 5.36. The second-order valence-corrected chi connectivity index (χ2v) is 5.22. The van der Waals surface area contributed by atoms with E-state index in [1.54, 1.807) is 23.0 Å². The molecule has 2 rings (SSSR count). The van der Waals surface area contributed by atoms with Gasteiger partial charge in [-0.05, 0) is 30.3 Å². The van der Waals surface area contributed by atoms with E-state index in [9.17, 15) is 9.00 Å². The van der Waals surface area contributed by atoms with Crippen molar-refractivity contribution in [2.45, 2.75) is 11.4 Å². The summed E-state index contributed by atoms with van der Waals surface area (Å²) in [5.74, 6) is -0.530. The molecule has 5 nitrogen and oxygen atoms in total. The normalized spacial score (nSPS) is 12.2. The lowest BCUT2D eigenvalue weighted by Crippen LogP contribution is -2.08. The molecule has 6 heteroatoms. The summed E-state index contributed by atoms with van der Waals surface area (Å²) >= 11 is 0. The lowest BCUT2D eigenvalue weighted by atomic mass is 10.2. The first-order valence-corrected chi connectivity index (χ1v) is 6.68. The van der Waals surface area contributed by atoms with Gasteiger partial charge in [0, 0.05) is 23.0 Å². The van der Waals surface area contributed by atoms with E-state index in [2.05, 4.69) is 5.10 Å². The molecule has 94 valence electrons. The van der Waals surface area contributed by atoms with Gasteiger partial charge in [-0.25, -0.2) is 4.79 Å². The van der Waals surface area contributed by atoms with Gasteiger partial charge in [-0.3, -0.25) is 8.89 Å². The van der Waals surface area contributed by atoms with Crippen LogP contribution in [0.5, 0.6) is 0 Å². The van der Waals surface area contributed by atoms with E-state index in [0.29, 0.717) is 17.2 Å². The molecule has 0 saturated carbocycles. The highest BCUT2D eigenvalue weighted by Gasteiger charge is 2.06. The lowest BCUT2D eigenvalue weighted by Gasteiger charge is -2.03. The lowest BCUT2D eigenvalue weighted by molar-refractivity contribution is 0.0697. The van der Waals surface area contributed by atoms with Crippen molar-refractivity contribution in [2.75, 3.05) is 5.75 Å². The molecular formula is C12H12N2O3S. The molecule has 2 aromatic rings. The number of aryl methyl sites for hydroxylation is 1. The van der Waals surface area contributed by atoms with Crippen molar-refractivity contribution >= 4 is 16.8 Å². The summed E-state index contributed by atoms with van der Waals surface area (Å²) in [7, 11) is -1.14. The number of rotatable bonds is 5. The van der Waals surface area contributed by atoms with Crippen LogP contribution in [0.15, 0.2) is 47.6 Å². The standard InChI is InChI=1S/C12H12N2O3S/c15-12(16)10-2-4-11(5-3-10)18(17)9-8-14-7-1-6-13-14/h1-7H,8-9H2,(H,15,16). The van der Waals surface area contributed by atoms with Crippen LogP contribution < -0.4 is 0 Å². The summed E-state index contributed by atoms with van der Waals surface area (Å²) in [5, 5.41) is 12.8. The van der Waals surface area contributed by atoms with Crippen molar-refractivity contribution in [3.05, 3.63) is 48.3 Å². The van der Waals surface area contributed by atoms with Gasteiger partial charge in [0.05, 0.1) is 22.9 Å². The molecule has 1 N–H and O–H groups in total. The molecule has 1 aromatic heterocycles. The largest absolute Gasteiger partial charge is 0.478 e. The molecule has 0 aliphatic rings. The molecule has 1 heterocycles. The van der Waals surface area contributed by atoms with Crippen molar-refractivity contribution in [2.24, 2.45) is 0 Å². The molecule has 0 fully saturated rings. The van der Waals surface area contributed by atoms with E-state index in [0.717, 1.165) is 0 Å². The van der Waals surface area contributed by atoms with Gasteiger partial charge in [0.15, 0.2) is 0 Å². The first kappa shape index (κ1) is 12.5. The van der Waals surface area contributed by atoms with Gasteiger partial charge in [-0.1, -0.05) is 0 Å². The van der Waals surface area contributed by atoms with E-state index in [1.807, 2.05) is 12.3 Å². The SMILES string of the molecule is O=C(O)c1ccc(S(=O)CCn2cccn2)cc1. The van der Waals surface area contributed by atoms with Crippen molar-refractivity contribution < 1.29 is 14.1 Å². The van der Waals surface area contributed by atoms with Gasteiger partial charge in [0.2, 0.25) is 0 Å². The number of nitrogens with zero attached hydrogens (tertiary/aromatic N) is 2. The molecule has 0 saturated heterocycles. The summed E-state index contributed by atoms with van der Waals surface area (Å²) in [6.07, 6.45) is 3.48. The zero-order valence-electron chi connectivity index (χ0n) is 9.52. The van der Waals surface area contributed by atoms with Crippen LogP contribution in [0.3, 0.4) is 0 Å². The topological polar surface area (TPSA) is 72.2 Å². The summed E-state index contributed by atoms with van der Waals surface area (Å²) in [4.78, 5) is 11.3. The Morgan fingerprint density at radius 3 is 2.61 bits per heavy atom. The molecule has 1 aromatic carbocycles. The van der Waals surface area contributed by atoms with Crippen LogP contribution in [0.4, 0.5) is 0 Å². The fraction of sp³-hybridized carbons (Fsp3) is 0.167. The third-order valence-electron chi connectivity index (χ3n) is 2.43. The van der Waals surface area contributed by atoms with Crippen molar-refractivity contribution in [1.82, 2.24) is 9.78 Å². The quantitative estimate of drug-likeness (QED) is 0.885. The Hall–Kier alpha value is -1.95. The maximum Gasteiger partial charge on any atom is 0.335 e. The third-order valence-corrected chi connectivity index (χ3v) is 3.78. The van der Waals surface area contributed by atoms with Crippen LogP contribution >= 0.6 is 0 Å². The van der Waals surface area contributed by atoms with E-state index in [-0.39, 0.29) is 5.56 Å². The number of aromatic nitrogens is 2. The molecule has 0 aliphatic heterocycles. The summed E-state index contributed by atoms with van der Waals surface area (Å²) in [6, 6.07) is 7.91. The molecule has 0 spiro atoms. The van der Waals surface area contributed by atoms with Gasteiger partial charge in [0.1, 0.15) is 0 Å². The summed E-state index contributed by atoms with van der Waals surface area (Å²) < 4.78 is 13.7. The number of carboxylic acid groups (broad SMARTS) is 1. The number of hydrogen-bond acceptors (Lipinski definition) is 3. The number of carboxylic acids is 1. The zero-order chi connectivity index (χ0) is 13.0. The zero-order valence-corrected chi connectivity index (χ0v) is 10.3. The highest BCUT2D eigenvalue weighted by molar-refractivity contribution is 7.85. The van der Waals surface area contributed by atoms with Crippen molar-refractivity contribution in [3.63, 3.8) is 0 Å². The van der Waals surface area contributed by atoms with Gasteiger partial charge in [-0.15, -0.1) is 0 Å². The Balaban J connectivity index is 1.98. The minimum atomic E-state index is -1.14. The minimum Gasteiger partial charge on any atom is -0.478 e. The average molecular weight is 264 g/mol. The molecule has 0 bridgehead atoms. The maximum absolute atomic E-state index is 11.9. The fourth-order valence-electron chi connectivity index (χ4n) is 1.48. The Labute approximate surface area is 107 Å². The monoisotopic (exact) mass is 264 g/mol. The summed E-state index contributed by atoms with van der Waals surface area (Å²) in [6.45, 7) is 0.570. The Morgan fingerprint density at radius 1 is 1.33 bits per heavy atom. The maximum atomic E-state index is 11.9. The van der Waals surface area contributed by atoms with E-state index >= 15 is 0 Å². The average Bonchev–Trinajstić information content (AvgIpc) is 2.89. The minimum absolute atomic E-state index is 0.197. The van der Waals surface area contributed by atoms with Crippen LogP contribution in [0, 0.1) is 0 Å². The van der Waals surface area contributed by atoms with Crippen LogP contribution in [0.25, 0.3) is 0 Å². The number of hydrogen-bond donors (Lipinski definition) is 1. The van der Waals surface area contributed by atoms with E-state index in [1.165, 1.54) is 12.1 Å². The van der Waals surface area contributed by atoms with Gasteiger partial charge >= 0.3 is 5.97 Å². The van der Waals surface area contributed by atoms with Gasteiger partial charge < -0.3 is 5.11 Å². The second kappa shape index (κ2) is 5.59. The molecular weight excluding hydrogens is 252 g/mol. The Bertz CT molecular complexity index is 549. The number of benzene rings is 1. The van der Waals surface area contributed by atoms with Crippen LogP contribution in [0.1, 0.15) is 10.4 Å². The highest BCUT2D eigenvalue weighted by atomic mass is 32.2. The third kappa shape index (κ3) is 3.04. The van der Waals surface area contributed by atoms with Crippen molar-refractivity contribution in [1.29, 1.82) is 0 Å². The molecule has 18 heavy (non-hydrogen) atoms. The van der Waals surface area contributed by atoms with E-state index in [4.69, 9.17) is 5.11 Å². The van der Waals surface area contributed by atoms with Crippen LogP contribution in [-0.4, -0.2) is 30.8 Å².